The summed E-state index contributed by atoms with van der Waals surface area (Å²) in [6.07, 6.45) is 2.38. The Labute approximate surface area is 128 Å². The molecule has 2 N–H and O–H groups in total. The zero-order chi connectivity index (χ0) is 16.0. The Morgan fingerprint density at radius 3 is 2.38 bits per heavy atom. The molecule has 0 bridgehead atoms. The van der Waals surface area contributed by atoms with Crippen LogP contribution in [0.3, 0.4) is 0 Å². The predicted molar refractivity (Wildman–Crippen MR) is 85.2 cm³/mol. The maximum Gasteiger partial charge on any atom is 0.234 e. The molecule has 1 aliphatic heterocycles. The lowest BCUT2D eigenvalue weighted by Gasteiger charge is -2.29. The third-order valence-corrected chi connectivity index (χ3v) is 4.12. The predicted octanol–water partition coefficient (Wildman–Crippen LogP) is 1.18. The lowest BCUT2D eigenvalue weighted by atomic mass is 10.0. The van der Waals surface area contributed by atoms with Gasteiger partial charge in [0.05, 0.1) is 12.6 Å². The minimum absolute atomic E-state index is 0.0203. The van der Waals surface area contributed by atoms with Crippen molar-refractivity contribution in [1.29, 1.82) is 0 Å². The largest absolute Gasteiger partial charge is 0.345 e. The Balaban J connectivity index is 2.53. The highest BCUT2D eigenvalue weighted by atomic mass is 16.2. The second-order valence-electron chi connectivity index (χ2n) is 6.72. The zero-order valence-corrected chi connectivity index (χ0v) is 14.1. The van der Waals surface area contributed by atoms with Crippen molar-refractivity contribution >= 4 is 11.7 Å². The van der Waals surface area contributed by atoms with Gasteiger partial charge in [0, 0.05) is 18.6 Å². The molecule has 1 amide bonds. The first-order valence-electron chi connectivity index (χ1n) is 8.08. The van der Waals surface area contributed by atoms with Gasteiger partial charge in [0.25, 0.3) is 0 Å². The number of nitrogens with zero attached hydrogens (tertiary/aromatic N) is 1. The van der Waals surface area contributed by atoms with E-state index in [4.69, 9.17) is 0 Å². The van der Waals surface area contributed by atoms with Gasteiger partial charge >= 0.3 is 0 Å². The fraction of sp³-hybridized carbons (Fsp3) is 0.875. The maximum atomic E-state index is 12.2. The minimum Gasteiger partial charge on any atom is -0.345 e. The first-order valence-corrected chi connectivity index (χ1v) is 8.08. The lowest BCUT2D eigenvalue weighted by molar-refractivity contribution is -0.128. The van der Waals surface area contributed by atoms with E-state index in [1.54, 1.807) is 0 Å². The number of nitrogens with one attached hydrogen (secondary N) is 2. The molecule has 5 heteroatoms. The summed E-state index contributed by atoms with van der Waals surface area (Å²) in [5, 5.41) is 6.34. The number of ketones is 1. The van der Waals surface area contributed by atoms with Crippen molar-refractivity contribution in [1.82, 2.24) is 15.5 Å². The number of carbonyl (C=O) groups is 2. The van der Waals surface area contributed by atoms with Crippen molar-refractivity contribution in [2.75, 3.05) is 19.6 Å². The fourth-order valence-corrected chi connectivity index (χ4v) is 2.79. The monoisotopic (exact) mass is 297 g/mol. The van der Waals surface area contributed by atoms with Gasteiger partial charge in [-0.25, -0.2) is 0 Å². The highest BCUT2D eigenvalue weighted by molar-refractivity contribution is 5.88. The van der Waals surface area contributed by atoms with Gasteiger partial charge in [-0.2, -0.15) is 0 Å². The molecule has 1 fully saturated rings. The van der Waals surface area contributed by atoms with Crippen LogP contribution in [-0.4, -0.2) is 54.4 Å². The molecular weight excluding hydrogens is 266 g/mol. The molecule has 0 aromatic heterocycles. The van der Waals surface area contributed by atoms with Crippen molar-refractivity contribution in [3.8, 4) is 0 Å². The van der Waals surface area contributed by atoms with Gasteiger partial charge in [0.15, 0.2) is 5.78 Å². The Hall–Kier alpha value is -0.940. The van der Waals surface area contributed by atoms with Crippen LogP contribution in [-0.2, 0) is 9.59 Å². The van der Waals surface area contributed by atoms with Gasteiger partial charge in [-0.1, -0.05) is 13.8 Å². The van der Waals surface area contributed by atoms with Gasteiger partial charge in [0.1, 0.15) is 0 Å². The van der Waals surface area contributed by atoms with Gasteiger partial charge in [-0.3, -0.25) is 14.5 Å². The Bertz CT molecular complexity index is 349. The molecule has 1 rings (SSSR count). The van der Waals surface area contributed by atoms with E-state index in [0.29, 0.717) is 18.6 Å². The summed E-state index contributed by atoms with van der Waals surface area (Å²) in [4.78, 5) is 26.0. The average Bonchev–Trinajstić information content (AvgIpc) is 2.87. The third kappa shape index (κ3) is 6.14. The molecule has 21 heavy (non-hydrogen) atoms. The van der Waals surface area contributed by atoms with Gasteiger partial charge in [-0.05, 0) is 46.1 Å². The Kier molecular flexibility index (Phi) is 7.32. The molecule has 0 radical (unpaired) electrons. The van der Waals surface area contributed by atoms with Crippen molar-refractivity contribution in [2.24, 2.45) is 5.92 Å². The van der Waals surface area contributed by atoms with E-state index in [2.05, 4.69) is 29.4 Å². The summed E-state index contributed by atoms with van der Waals surface area (Å²) in [5.41, 5.74) is 0. The van der Waals surface area contributed by atoms with Crippen LogP contribution in [0.2, 0.25) is 0 Å². The summed E-state index contributed by atoms with van der Waals surface area (Å²) < 4.78 is 0. The van der Waals surface area contributed by atoms with Gasteiger partial charge < -0.3 is 10.6 Å². The molecule has 122 valence electrons. The van der Waals surface area contributed by atoms with Crippen LogP contribution < -0.4 is 10.6 Å². The average molecular weight is 297 g/mol. The number of hydrogen-bond acceptors (Lipinski definition) is 4. The van der Waals surface area contributed by atoms with Crippen molar-refractivity contribution in [3.63, 3.8) is 0 Å². The molecule has 0 aliphatic carbocycles. The van der Waals surface area contributed by atoms with E-state index in [9.17, 15) is 9.59 Å². The second-order valence-corrected chi connectivity index (χ2v) is 6.72. The molecule has 5 nitrogen and oxygen atoms in total. The molecule has 0 aromatic carbocycles. The molecule has 0 saturated carbocycles. The van der Waals surface area contributed by atoms with Crippen molar-refractivity contribution in [2.45, 2.75) is 65.6 Å². The summed E-state index contributed by atoms with van der Waals surface area (Å²) >= 11 is 0. The quantitative estimate of drug-likeness (QED) is 0.706. The summed E-state index contributed by atoms with van der Waals surface area (Å²) in [6, 6.07) is 0.415. The molecule has 0 aromatic rings. The number of rotatable bonds is 8. The lowest BCUT2D eigenvalue weighted by Crippen LogP contribution is -2.50. The van der Waals surface area contributed by atoms with Crippen LogP contribution >= 0.6 is 0 Å². The molecule has 1 heterocycles. The van der Waals surface area contributed by atoms with Crippen LogP contribution in [0.25, 0.3) is 0 Å². The Morgan fingerprint density at radius 2 is 1.95 bits per heavy atom. The molecule has 1 aliphatic rings. The topological polar surface area (TPSA) is 61.4 Å². The second kappa shape index (κ2) is 8.49. The van der Waals surface area contributed by atoms with Gasteiger partial charge in [-0.15, -0.1) is 0 Å². The number of amides is 1. The molecule has 0 spiro atoms. The molecule has 1 saturated heterocycles. The minimum atomic E-state index is -0.379. The molecule has 2 unspecified atom stereocenters. The normalized spacial score (nSPS) is 20.3. The molecule has 2 atom stereocenters. The molecular formula is C16H31N3O2. The summed E-state index contributed by atoms with van der Waals surface area (Å²) in [7, 11) is 0. The first-order chi connectivity index (χ1) is 9.81. The van der Waals surface area contributed by atoms with E-state index in [-0.39, 0.29) is 23.7 Å². The Morgan fingerprint density at radius 1 is 1.29 bits per heavy atom. The van der Waals surface area contributed by atoms with E-state index in [1.165, 1.54) is 19.8 Å². The van der Waals surface area contributed by atoms with Gasteiger partial charge in [0.2, 0.25) is 5.91 Å². The highest BCUT2D eigenvalue weighted by Crippen LogP contribution is 2.09. The van der Waals surface area contributed by atoms with Crippen molar-refractivity contribution in [3.05, 3.63) is 0 Å². The maximum absolute atomic E-state index is 12.2. The van der Waals surface area contributed by atoms with Crippen molar-refractivity contribution < 1.29 is 9.59 Å². The number of hydrogen-bond donors (Lipinski definition) is 2. The fourth-order valence-electron chi connectivity index (χ4n) is 2.79. The number of Topliss-reactive ketones (excluding diaryl/α,β-unsaturated/α-hetero) is 1. The van der Waals surface area contributed by atoms with E-state index in [0.717, 1.165) is 13.1 Å². The van der Waals surface area contributed by atoms with E-state index >= 15 is 0 Å². The van der Waals surface area contributed by atoms with Crippen LogP contribution in [0, 0.1) is 5.92 Å². The van der Waals surface area contributed by atoms with Crippen LogP contribution in [0.15, 0.2) is 0 Å². The van der Waals surface area contributed by atoms with Crippen LogP contribution in [0.1, 0.15) is 47.5 Å². The first kappa shape index (κ1) is 18.1. The summed E-state index contributed by atoms with van der Waals surface area (Å²) in [6.45, 7) is 12.0. The standard InChI is InChI=1S/C16H31N3O2/c1-11(2)16(13(5)20)18-15(21)10-19(12(3)4)9-14-7-6-8-17-14/h11-12,14,16-17H,6-10H2,1-5H3,(H,18,21). The highest BCUT2D eigenvalue weighted by Gasteiger charge is 2.24. The zero-order valence-electron chi connectivity index (χ0n) is 14.1. The van der Waals surface area contributed by atoms with Crippen LogP contribution in [0.4, 0.5) is 0 Å². The van der Waals surface area contributed by atoms with E-state index < -0.39 is 0 Å². The summed E-state index contributed by atoms with van der Waals surface area (Å²) in [5.74, 6) is 0.0814. The van der Waals surface area contributed by atoms with E-state index in [1.807, 2.05) is 13.8 Å². The third-order valence-electron chi connectivity index (χ3n) is 4.12. The SMILES string of the molecule is CC(=O)C(NC(=O)CN(CC1CCCN1)C(C)C)C(C)C. The van der Waals surface area contributed by atoms with Crippen LogP contribution in [0.5, 0.6) is 0 Å². The number of carbonyl (C=O) groups excluding carboxylic acids is 2. The smallest absolute Gasteiger partial charge is 0.234 e.